The van der Waals surface area contributed by atoms with Gasteiger partial charge in [0.1, 0.15) is 6.54 Å². The van der Waals surface area contributed by atoms with Gasteiger partial charge in [-0.1, -0.05) is 30.3 Å². The first-order valence-electron chi connectivity index (χ1n) is 7.04. The van der Waals surface area contributed by atoms with Crippen LogP contribution >= 0.6 is 0 Å². The molecule has 0 aliphatic heterocycles. The van der Waals surface area contributed by atoms with Gasteiger partial charge in [-0.2, -0.15) is 10.2 Å². The van der Waals surface area contributed by atoms with E-state index in [0.717, 1.165) is 10.2 Å². The van der Waals surface area contributed by atoms with Crippen LogP contribution in [0.5, 0.6) is 0 Å². The third kappa shape index (κ3) is 3.52. The van der Waals surface area contributed by atoms with Crippen molar-refractivity contribution in [2.75, 3.05) is 5.32 Å². The Hall–Kier alpha value is -3.22. The molecule has 0 aliphatic carbocycles. The highest BCUT2D eigenvalue weighted by Crippen LogP contribution is 2.14. The average Bonchev–Trinajstić information content (AvgIpc) is 2.95. The number of nitrogens with zero attached hydrogens (tertiary/aromatic N) is 4. The zero-order valence-electron chi connectivity index (χ0n) is 12.5. The van der Waals surface area contributed by atoms with Crippen LogP contribution in [-0.2, 0) is 18.4 Å². The van der Waals surface area contributed by atoms with E-state index in [-0.39, 0.29) is 18.0 Å². The summed E-state index contributed by atoms with van der Waals surface area (Å²) < 4.78 is 2.73. The summed E-state index contributed by atoms with van der Waals surface area (Å²) in [6.45, 7) is -0.158. The van der Waals surface area contributed by atoms with Gasteiger partial charge in [-0.25, -0.2) is 4.68 Å². The molecule has 0 saturated heterocycles. The molecule has 2 heterocycles. The van der Waals surface area contributed by atoms with Crippen LogP contribution in [0.1, 0.15) is 0 Å². The van der Waals surface area contributed by atoms with Crippen molar-refractivity contribution in [3.8, 4) is 11.3 Å². The van der Waals surface area contributed by atoms with Gasteiger partial charge in [0.25, 0.3) is 5.56 Å². The molecule has 0 saturated carbocycles. The molecule has 0 aliphatic rings. The topological polar surface area (TPSA) is 81.8 Å². The molecule has 1 amide bonds. The van der Waals surface area contributed by atoms with E-state index in [9.17, 15) is 9.59 Å². The summed E-state index contributed by atoms with van der Waals surface area (Å²) in [7, 11) is 1.76. The van der Waals surface area contributed by atoms with E-state index in [4.69, 9.17) is 0 Å². The number of benzene rings is 1. The predicted octanol–water partition coefficient (Wildman–Crippen LogP) is 1.28. The standard InChI is InChI=1S/C16H15N5O2/c1-20-10-13(9-17-20)18-15(22)11-21-16(23)8-7-14(19-21)12-5-3-2-4-6-12/h2-10H,11H2,1H3,(H,18,22). The van der Waals surface area contributed by atoms with Crippen LogP contribution in [0.15, 0.2) is 59.7 Å². The lowest BCUT2D eigenvalue weighted by atomic mass is 10.1. The fourth-order valence-corrected chi connectivity index (χ4v) is 2.15. The summed E-state index contributed by atoms with van der Waals surface area (Å²) >= 11 is 0. The molecule has 7 heteroatoms. The number of aromatic nitrogens is 4. The van der Waals surface area contributed by atoms with Gasteiger partial charge < -0.3 is 5.32 Å². The lowest BCUT2D eigenvalue weighted by Crippen LogP contribution is -2.29. The zero-order chi connectivity index (χ0) is 16.2. The molecule has 0 fully saturated rings. The van der Waals surface area contributed by atoms with Crippen LogP contribution in [0.3, 0.4) is 0 Å². The van der Waals surface area contributed by atoms with E-state index in [0.29, 0.717) is 11.4 Å². The van der Waals surface area contributed by atoms with Gasteiger partial charge in [0, 0.05) is 24.9 Å². The Kier molecular flexibility index (Phi) is 4.01. The summed E-state index contributed by atoms with van der Waals surface area (Å²) in [6, 6.07) is 12.5. The molecular formula is C16H15N5O2. The number of hydrogen-bond donors (Lipinski definition) is 1. The van der Waals surface area contributed by atoms with Gasteiger partial charge in [0.05, 0.1) is 17.6 Å². The fourth-order valence-electron chi connectivity index (χ4n) is 2.15. The number of aryl methyl sites for hydroxylation is 1. The maximum atomic E-state index is 12.0. The Bertz CT molecular complexity index is 883. The summed E-state index contributed by atoms with van der Waals surface area (Å²) in [6.07, 6.45) is 3.21. The van der Waals surface area contributed by atoms with Crippen molar-refractivity contribution < 1.29 is 4.79 Å². The second-order valence-electron chi connectivity index (χ2n) is 5.03. The lowest BCUT2D eigenvalue weighted by molar-refractivity contribution is -0.117. The largest absolute Gasteiger partial charge is 0.322 e. The minimum absolute atomic E-state index is 0.158. The maximum absolute atomic E-state index is 12.0. The fraction of sp³-hybridized carbons (Fsp3) is 0.125. The number of carbonyl (C=O) groups is 1. The summed E-state index contributed by atoms with van der Waals surface area (Å²) in [5, 5.41) is 10.9. The van der Waals surface area contributed by atoms with Gasteiger partial charge in [0.15, 0.2) is 0 Å². The van der Waals surface area contributed by atoms with E-state index in [1.54, 1.807) is 24.0 Å². The van der Waals surface area contributed by atoms with E-state index in [1.165, 1.54) is 12.3 Å². The summed E-state index contributed by atoms with van der Waals surface area (Å²) in [5.74, 6) is -0.335. The van der Waals surface area contributed by atoms with Crippen molar-refractivity contribution in [1.82, 2.24) is 19.6 Å². The summed E-state index contributed by atoms with van der Waals surface area (Å²) in [4.78, 5) is 23.9. The molecule has 1 aromatic carbocycles. The Morgan fingerprint density at radius 1 is 1.17 bits per heavy atom. The van der Waals surface area contributed by atoms with Crippen LogP contribution in [-0.4, -0.2) is 25.5 Å². The van der Waals surface area contributed by atoms with Crippen molar-refractivity contribution in [2.45, 2.75) is 6.54 Å². The third-order valence-corrected chi connectivity index (χ3v) is 3.22. The normalized spacial score (nSPS) is 10.5. The SMILES string of the molecule is Cn1cc(NC(=O)Cn2nc(-c3ccccc3)ccc2=O)cn1. The van der Waals surface area contributed by atoms with E-state index in [1.807, 2.05) is 30.3 Å². The van der Waals surface area contributed by atoms with Crippen molar-refractivity contribution in [3.63, 3.8) is 0 Å². The second-order valence-corrected chi connectivity index (χ2v) is 5.03. The third-order valence-electron chi connectivity index (χ3n) is 3.22. The first-order valence-corrected chi connectivity index (χ1v) is 7.04. The Morgan fingerprint density at radius 2 is 1.96 bits per heavy atom. The zero-order valence-corrected chi connectivity index (χ0v) is 12.5. The highest BCUT2D eigenvalue weighted by atomic mass is 16.2. The number of carbonyl (C=O) groups excluding carboxylic acids is 1. The number of anilines is 1. The molecule has 3 rings (SSSR count). The summed E-state index contributed by atoms with van der Waals surface area (Å²) in [5.41, 5.74) is 1.77. The Morgan fingerprint density at radius 3 is 2.65 bits per heavy atom. The monoisotopic (exact) mass is 309 g/mol. The molecule has 23 heavy (non-hydrogen) atoms. The van der Waals surface area contributed by atoms with Crippen LogP contribution < -0.4 is 10.9 Å². The molecule has 0 radical (unpaired) electrons. The second kappa shape index (κ2) is 6.27. The Labute approximate surface area is 132 Å². The molecule has 2 aromatic heterocycles. The van der Waals surface area contributed by atoms with Gasteiger partial charge in [-0.05, 0) is 6.07 Å². The molecule has 0 bridgehead atoms. The average molecular weight is 309 g/mol. The number of amides is 1. The van der Waals surface area contributed by atoms with Crippen LogP contribution in [0, 0.1) is 0 Å². The first-order chi connectivity index (χ1) is 11.1. The van der Waals surface area contributed by atoms with Gasteiger partial charge in [-0.15, -0.1) is 0 Å². The molecule has 3 aromatic rings. The van der Waals surface area contributed by atoms with Gasteiger partial charge in [0.2, 0.25) is 5.91 Å². The molecule has 0 atom stereocenters. The molecule has 0 spiro atoms. The maximum Gasteiger partial charge on any atom is 0.267 e. The number of rotatable bonds is 4. The minimum atomic E-state index is -0.335. The van der Waals surface area contributed by atoms with Crippen LogP contribution in [0.2, 0.25) is 0 Å². The van der Waals surface area contributed by atoms with Crippen LogP contribution in [0.4, 0.5) is 5.69 Å². The van der Waals surface area contributed by atoms with Crippen molar-refractivity contribution >= 4 is 11.6 Å². The molecule has 116 valence electrons. The molecule has 7 nitrogen and oxygen atoms in total. The highest BCUT2D eigenvalue weighted by Gasteiger charge is 2.09. The van der Waals surface area contributed by atoms with E-state index < -0.39 is 0 Å². The predicted molar refractivity (Wildman–Crippen MR) is 85.8 cm³/mol. The Balaban J connectivity index is 1.79. The van der Waals surface area contributed by atoms with Gasteiger partial charge in [-0.3, -0.25) is 14.3 Å². The molecular weight excluding hydrogens is 294 g/mol. The van der Waals surface area contributed by atoms with E-state index >= 15 is 0 Å². The number of hydrogen-bond acceptors (Lipinski definition) is 4. The van der Waals surface area contributed by atoms with Crippen molar-refractivity contribution in [3.05, 3.63) is 65.2 Å². The smallest absolute Gasteiger partial charge is 0.267 e. The quantitative estimate of drug-likeness (QED) is 0.787. The van der Waals surface area contributed by atoms with Crippen molar-refractivity contribution in [1.29, 1.82) is 0 Å². The molecule has 1 N–H and O–H groups in total. The highest BCUT2D eigenvalue weighted by molar-refractivity contribution is 5.90. The molecule has 0 unspecified atom stereocenters. The van der Waals surface area contributed by atoms with Crippen LogP contribution in [0.25, 0.3) is 11.3 Å². The van der Waals surface area contributed by atoms with E-state index in [2.05, 4.69) is 15.5 Å². The van der Waals surface area contributed by atoms with Gasteiger partial charge >= 0.3 is 0 Å². The minimum Gasteiger partial charge on any atom is -0.322 e. The number of nitrogens with one attached hydrogen (secondary N) is 1. The lowest BCUT2D eigenvalue weighted by Gasteiger charge is -2.07. The van der Waals surface area contributed by atoms with Crippen molar-refractivity contribution in [2.24, 2.45) is 7.05 Å². The first kappa shape index (κ1) is 14.7.